The first-order valence-corrected chi connectivity index (χ1v) is 9.19. The van der Waals surface area contributed by atoms with Crippen molar-refractivity contribution in [2.45, 2.75) is 11.8 Å². The fourth-order valence-corrected chi connectivity index (χ4v) is 3.42. The molecule has 0 aliphatic carbocycles. The predicted molar refractivity (Wildman–Crippen MR) is 97.3 cm³/mol. The lowest BCUT2D eigenvalue weighted by atomic mass is 10.2. The third kappa shape index (κ3) is 4.20. The Kier molecular flexibility index (Phi) is 5.03. The molecule has 10 nitrogen and oxygen atoms in total. The molecule has 1 aromatic heterocycles. The Morgan fingerprint density at radius 1 is 1.19 bits per heavy atom. The normalized spacial score (nSPS) is 11.0. The second kappa shape index (κ2) is 7.41. The first-order chi connectivity index (χ1) is 12.9. The Morgan fingerprint density at radius 2 is 2.00 bits per heavy atom. The van der Waals surface area contributed by atoms with Gasteiger partial charge in [0.25, 0.3) is 10.0 Å². The third-order valence-electron chi connectivity index (χ3n) is 3.51. The van der Waals surface area contributed by atoms with E-state index in [1.54, 1.807) is 18.2 Å². The fraction of sp³-hybridized carbons (Fsp3) is 0.125. The number of amides is 1. The summed E-state index contributed by atoms with van der Waals surface area (Å²) in [6.07, 6.45) is 1.37. The second-order valence-electron chi connectivity index (χ2n) is 5.45. The molecule has 1 heterocycles. The fourth-order valence-electron chi connectivity index (χ4n) is 2.33. The number of nitrogens with zero attached hydrogens (tertiary/aromatic N) is 4. The Labute approximate surface area is 155 Å². The number of nitrogens with one attached hydrogen (secondary N) is 2. The van der Waals surface area contributed by atoms with E-state index < -0.39 is 10.0 Å². The summed E-state index contributed by atoms with van der Waals surface area (Å²) in [5.41, 5.74) is 1.23. The first-order valence-electron chi connectivity index (χ1n) is 7.71. The van der Waals surface area contributed by atoms with Crippen LogP contribution in [0.1, 0.15) is 6.92 Å². The number of hydrogen-bond acceptors (Lipinski definition) is 7. The summed E-state index contributed by atoms with van der Waals surface area (Å²) in [5.74, 6) is 0.0638. The van der Waals surface area contributed by atoms with Crippen LogP contribution in [0.25, 0.3) is 5.69 Å². The molecule has 2 N–H and O–H groups in total. The highest BCUT2D eigenvalue weighted by Crippen LogP contribution is 2.29. The van der Waals surface area contributed by atoms with Crippen molar-refractivity contribution in [3.8, 4) is 11.4 Å². The molecule has 3 rings (SSSR count). The predicted octanol–water partition coefficient (Wildman–Crippen LogP) is 1.43. The molecule has 0 radical (unpaired) electrons. The van der Waals surface area contributed by atoms with Gasteiger partial charge in [0.05, 0.1) is 29.1 Å². The smallest absolute Gasteiger partial charge is 0.261 e. The summed E-state index contributed by atoms with van der Waals surface area (Å²) >= 11 is 0. The van der Waals surface area contributed by atoms with Gasteiger partial charge in [-0.3, -0.25) is 9.52 Å². The van der Waals surface area contributed by atoms with Crippen LogP contribution in [0.4, 0.5) is 11.4 Å². The van der Waals surface area contributed by atoms with Crippen LogP contribution in [-0.4, -0.2) is 41.6 Å². The second-order valence-corrected chi connectivity index (χ2v) is 7.14. The number of benzene rings is 2. The highest BCUT2D eigenvalue weighted by atomic mass is 32.2. The Morgan fingerprint density at radius 3 is 2.67 bits per heavy atom. The van der Waals surface area contributed by atoms with Crippen molar-refractivity contribution in [3.63, 3.8) is 0 Å². The van der Waals surface area contributed by atoms with Crippen molar-refractivity contribution in [2.24, 2.45) is 0 Å². The van der Waals surface area contributed by atoms with E-state index in [1.807, 2.05) is 0 Å². The van der Waals surface area contributed by atoms with Crippen molar-refractivity contribution in [3.05, 3.63) is 48.8 Å². The molecule has 0 aliphatic rings. The molecule has 27 heavy (non-hydrogen) atoms. The molecule has 0 spiro atoms. The lowest BCUT2D eigenvalue weighted by molar-refractivity contribution is -0.114. The van der Waals surface area contributed by atoms with Crippen LogP contribution >= 0.6 is 0 Å². The van der Waals surface area contributed by atoms with E-state index in [0.717, 1.165) is 0 Å². The number of carbonyl (C=O) groups is 1. The summed E-state index contributed by atoms with van der Waals surface area (Å²) in [6.45, 7) is 1.37. The molecule has 3 aromatic rings. The van der Waals surface area contributed by atoms with Crippen LogP contribution in [0.3, 0.4) is 0 Å². The summed E-state index contributed by atoms with van der Waals surface area (Å²) in [7, 11) is -2.44. The number of hydrogen-bond donors (Lipinski definition) is 2. The molecule has 0 fully saturated rings. The quantitative estimate of drug-likeness (QED) is 0.654. The molecule has 0 saturated heterocycles. The van der Waals surface area contributed by atoms with Crippen LogP contribution in [0, 0.1) is 0 Å². The minimum absolute atomic E-state index is 0.0420. The summed E-state index contributed by atoms with van der Waals surface area (Å²) in [5, 5.41) is 13.4. The van der Waals surface area contributed by atoms with Gasteiger partial charge in [-0.15, -0.1) is 5.10 Å². The number of tetrazole rings is 1. The molecule has 0 saturated carbocycles. The number of sulfonamides is 1. The standard InChI is InChI=1S/C16H16N6O4S/c1-11(23)18-15-7-6-12(8-16(15)26-2)19-27(24,25)14-5-3-4-13(9-14)22-10-17-20-21-22/h3-10,19H,1-2H3,(H,18,23). The Balaban J connectivity index is 1.89. The number of anilines is 2. The van der Waals surface area contributed by atoms with E-state index in [4.69, 9.17) is 4.74 Å². The monoisotopic (exact) mass is 388 g/mol. The largest absolute Gasteiger partial charge is 0.494 e. The zero-order valence-corrected chi connectivity index (χ0v) is 15.3. The Hall–Kier alpha value is -3.47. The molecule has 11 heteroatoms. The van der Waals surface area contributed by atoms with Crippen LogP contribution in [-0.2, 0) is 14.8 Å². The van der Waals surface area contributed by atoms with E-state index in [1.165, 1.54) is 49.3 Å². The molecular formula is C16H16N6O4S. The average molecular weight is 388 g/mol. The van der Waals surface area contributed by atoms with Crippen molar-refractivity contribution in [1.82, 2.24) is 20.2 Å². The van der Waals surface area contributed by atoms with Gasteiger partial charge in [0.2, 0.25) is 5.91 Å². The van der Waals surface area contributed by atoms with Gasteiger partial charge in [-0.05, 0) is 40.8 Å². The topological polar surface area (TPSA) is 128 Å². The lowest BCUT2D eigenvalue weighted by Gasteiger charge is -2.13. The molecule has 0 bridgehead atoms. The molecule has 1 amide bonds. The number of rotatable bonds is 6. The van der Waals surface area contributed by atoms with Gasteiger partial charge in [-0.2, -0.15) is 0 Å². The summed E-state index contributed by atoms with van der Waals surface area (Å²) < 4.78 is 34.4. The SMILES string of the molecule is COc1cc(NS(=O)(=O)c2cccc(-n3cnnn3)c2)ccc1NC(C)=O. The van der Waals surface area contributed by atoms with Crippen LogP contribution < -0.4 is 14.8 Å². The van der Waals surface area contributed by atoms with Gasteiger partial charge >= 0.3 is 0 Å². The van der Waals surface area contributed by atoms with Crippen LogP contribution in [0.15, 0.2) is 53.7 Å². The van der Waals surface area contributed by atoms with Gasteiger partial charge in [0, 0.05) is 13.0 Å². The number of ether oxygens (including phenoxy) is 1. The molecule has 140 valence electrons. The zero-order valence-electron chi connectivity index (χ0n) is 14.4. The Bertz CT molecular complexity index is 1070. The van der Waals surface area contributed by atoms with Crippen LogP contribution in [0.5, 0.6) is 5.75 Å². The molecule has 2 aromatic carbocycles. The van der Waals surface area contributed by atoms with Crippen LogP contribution in [0.2, 0.25) is 0 Å². The van der Waals surface area contributed by atoms with E-state index in [-0.39, 0.29) is 16.5 Å². The maximum atomic E-state index is 12.7. The van der Waals surface area contributed by atoms with Crippen molar-refractivity contribution >= 4 is 27.3 Å². The van der Waals surface area contributed by atoms with E-state index in [9.17, 15) is 13.2 Å². The van der Waals surface area contributed by atoms with E-state index >= 15 is 0 Å². The summed E-state index contributed by atoms with van der Waals surface area (Å²) in [4.78, 5) is 11.3. The maximum absolute atomic E-state index is 12.7. The van der Waals surface area contributed by atoms with Gasteiger partial charge in [-0.1, -0.05) is 6.07 Å². The maximum Gasteiger partial charge on any atom is 0.261 e. The molecular weight excluding hydrogens is 372 g/mol. The molecule has 0 aliphatic heterocycles. The van der Waals surface area contributed by atoms with Crippen molar-refractivity contribution < 1.29 is 17.9 Å². The average Bonchev–Trinajstić information content (AvgIpc) is 3.17. The molecule has 0 atom stereocenters. The van der Waals surface area contributed by atoms with Gasteiger partial charge in [0.1, 0.15) is 12.1 Å². The minimum Gasteiger partial charge on any atom is -0.494 e. The number of methoxy groups -OCH3 is 1. The van der Waals surface area contributed by atoms with Gasteiger partial charge in [-0.25, -0.2) is 13.1 Å². The lowest BCUT2D eigenvalue weighted by Crippen LogP contribution is -2.14. The highest BCUT2D eigenvalue weighted by molar-refractivity contribution is 7.92. The third-order valence-corrected chi connectivity index (χ3v) is 4.88. The van der Waals surface area contributed by atoms with Crippen molar-refractivity contribution in [2.75, 3.05) is 17.1 Å². The summed E-state index contributed by atoms with van der Waals surface area (Å²) in [6, 6.07) is 10.7. The number of carbonyl (C=O) groups excluding carboxylic acids is 1. The molecule has 0 unspecified atom stereocenters. The van der Waals surface area contributed by atoms with Crippen molar-refractivity contribution in [1.29, 1.82) is 0 Å². The van der Waals surface area contributed by atoms with Gasteiger partial charge < -0.3 is 10.1 Å². The minimum atomic E-state index is -3.86. The van der Waals surface area contributed by atoms with E-state index in [2.05, 4.69) is 25.6 Å². The highest BCUT2D eigenvalue weighted by Gasteiger charge is 2.16. The van der Waals surface area contributed by atoms with E-state index in [0.29, 0.717) is 17.1 Å². The van der Waals surface area contributed by atoms with Gasteiger partial charge in [0.15, 0.2) is 0 Å². The first kappa shape index (κ1) is 18.3. The zero-order chi connectivity index (χ0) is 19.4. The number of aromatic nitrogens is 4.